The predicted octanol–water partition coefficient (Wildman–Crippen LogP) is 4.76. The van der Waals surface area contributed by atoms with Crippen molar-refractivity contribution in [1.29, 1.82) is 0 Å². The molecule has 2 aromatic carbocycles. The van der Waals surface area contributed by atoms with Crippen molar-refractivity contribution in [1.82, 2.24) is 0 Å². The molecule has 0 spiro atoms. The van der Waals surface area contributed by atoms with E-state index in [1.165, 1.54) is 29.5 Å². The lowest BCUT2D eigenvalue weighted by atomic mass is 9.71. The average Bonchev–Trinajstić information content (AvgIpc) is 2.56. The molecular weight excluding hydrogens is 254 g/mol. The first kappa shape index (κ1) is 14.3. The van der Waals surface area contributed by atoms with Crippen molar-refractivity contribution in [3.63, 3.8) is 0 Å². The van der Waals surface area contributed by atoms with Crippen LogP contribution < -0.4 is 5.73 Å². The Hall–Kier alpha value is -1.60. The monoisotopic (exact) mass is 279 g/mol. The Morgan fingerprint density at radius 2 is 1.57 bits per heavy atom. The van der Waals surface area contributed by atoms with Crippen LogP contribution in [0.3, 0.4) is 0 Å². The number of nitrogens with two attached hydrogens (primary N) is 1. The van der Waals surface area contributed by atoms with Crippen molar-refractivity contribution in [3.8, 4) is 0 Å². The average molecular weight is 279 g/mol. The molecule has 2 aromatic rings. The summed E-state index contributed by atoms with van der Waals surface area (Å²) in [7, 11) is 0. The minimum absolute atomic E-state index is 0.127. The molecule has 0 bridgehead atoms. The molecule has 110 valence electrons. The highest BCUT2D eigenvalue weighted by Crippen LogP contribution is 2.41. The van der Waals surface area contributed by atoms with Crippen LogP contribution in [0.2, 0.25) is 0 Å². The van der Waals surface area contributed by atoms with Crippen LogP contribution in [0.1, 0.15) is 55.2 Å². The molecule has 1 nitrogen and oxygen atoms in total. The zero-order chi connectivity index (χ0) is 14.7. The molecule has 1 aliphatic carbocycles. The molecule has 21 heavy (non-hydrogen) atoms. The van der Waals surface area contributed by atoms with Gasteiger partial charge in [0.15, 0.2) is 0 Å². The highest BCUT2D eigenvalue weighted by Gasteiger charge is 2.33. The summed E-state index contributed by atoms with van der Waals surface area (Å²) in [5.41, 5.74) is 10.8. The van der Waals surface area contributed by atoms with E-state index in [0.717, 1.165) is 19.3 Å². The van der Waals surface area contributed by atoms with Crippen molar-refractivity contribution in [3.05, 3.63) is 71.3 Å². The molecule has 0 aliphatic heterocycles. The third kappa shape index (κ3) is 3.03. The Labute approximate surface area is 128 Å². The van der Waals surface area contributed by atoms with Gasteiger partial charge in [0.1, 0.15) is 0 Å². The smallest absolute Gasteiger partial charge is 0.0410 e. The summed E-state index contributed by atoms with van der Waals surface area (Å²) >= 11 is 0. The fourth-order valence-electron chi connectivity index (χ4n) is 3.55. The van der Waals surface area contributed by atoms with Gasteiger partial charge in [0.05, 0.1) is 0 Å². The molecule has 0 unspecified atom stereocenters. The number of hydrogen-bond donors (Lipinski definition) is 1. The molecule has 2 N–H and O–H groups in total. The van der Waals surface area contributed by atoms with Gasteiger partial charge in [0.25, 0.3) is 0 Å². The fraction of sp³-hybridized carbons (Fsp3) is 0.400. The summed E-state index contributed by atoms with van der Waals surface area (Å²) in [4.78, 5) is 0. The van der Waals surface area contributed by atoms with Crippen LogP contribution in [0.15, 0.2) is 54.6 Å². The molecule has 1 fully saturated rings. The van der Waals surface area contributed by atoms with Gasteiger partial charge in [-0.3, -0.25) is 0 Å². The summed E-state index contributed by atoms with van der Waals surface area (Å²) in [6, 6.07) is 19.8. The van der Waals surface area contributed by atoms with E-state index < -0.39 is 0 Å². The van der Waals surface area contributed by atoms with Gasteiger partial charge in [-0.1, -0.05) is 61.5 Å². The molecule has 1 saturated carbocycles. The van der Waals surface area contributed by atoms with Crippen LogP contribution >= 0.6 is 0 Å². The van der Waals surface area contributed by atoms with Crippen LogP contribution in [0, 0.1) is 0 Å². The first-order valence-electron chi connectivity index (χ1n) is 8.14. The number of rotatable bonds is 3. The van der Waals surface area contributed by atoms with Gasteiger partial charge in [0.2, 0.25) is 0 Å². The van der Waals surface area contributed by atoms with Crippen molar-refractivity contribution < 1.29 is 0 Å². The van der Waals surface area contributed by atoms with Crippen molar-refractivity contribution in [2.75, 3.05) is 0 Å². The molecule has 0 saturated heterocycles. The van der Waals surface area contributed by atoms with Crippen LogP contribution in [0.4, 0.5) is 0 Å². The van der Waals surface area contributed by atoms with Crippen molar-refractivity contribution in [2.24, 2.45) is 5.73 Å². The quantitative estimate of drug-likeness (QED) is 0.861. The number of aryl methyl sites for hydroxylation is 1. The van der Waals surface area contributed by atoms with Crippen LogP contribution in [0.5, 0.6) is 0 Å². The second-order valence-electron chi connectivity index (χ2n) is 6.39. The van der Waals surface area contributed by atoms with E-state index in [4.69, 9.17) is 5.73 Å². The SMILES string of the molecule is CCc1ccc(C2(N)CCC(c3ccccc3)CC2)cc1. The van der Waals surface area contributed by atoms with Gasteiger partial charge >= 0.3 is 0 Å². The minimum atomic E-state index is -0.127. The summed E-state index contributed by atoms with van der Waals surface area (Å²) < 4.78 is 0. The number of benzene rings is 2. The first-order valence-corrected chi connectivity index (χ1v) is 8.14. The Kier molecular flexibility index (Phi) is 4.12. The number of hydrogen-bond acceptors (Lipinski definition) is 1. The van der Waals surface area contributed by atoms with Crippen molar-refractivity contribution >= 4 is 0 Å². The normalized spacial score (nSPS) is 25.7. The standard InChI is InChI=1S/C20H25N/c1-2-16-8-10-19(11-9-16)20(21)14-12-18(13-15-20)17-6-4-3-5-7-17/h3-11,18H,2,12-15,21H2,1H3. The predicted molar refractivity (Wildman–Crippen MR) is 89.3 cm³/mol. The second kappa shape index (κ2) is 6.03. The van der Waals surface area contributed by atoms with E-state index in [-0.39, 0.29) is 5.54 Å². The Balaban J connectivity index is 1.71. The molecule has 0 atom stereocenters. The maximum Gasteiger partial charge on any atom is 0.0410 e. The van der Waals surface area contributed by atoms with Crippen LogP contribution in [0.25, 0.3) is 0 Å². The summed E-state index contributed by atoms with van der Waals surface area (Å²) in [5, 5.41) is 0. The summed E-state index contributed by atoms with van der Waals surface area (Å²) in [6.07, 6.45) is 5.64. The Morgan fingerprint density at radius 3 is 2.14 bits per heavy atom. The summed E-state index contributed by atoms with van der Waals surface area (Å²) in [5.74, 6) is 0.679. The minimum Gasteiger partial charge on any atom is -0.321 e. The van der Waals surface area contributed by atoms with Crippen LogP contribution in [-0.2, 0) is 12.0 Å². The molecule has 0 radical (unpaired) electrons. The lowest BCUT2D eigenvalue weighted by Gasteiger charge is -2.38. The molecule has 0 heterocycles. The van der Waals surface area contributed by atoms with Crippen LogP contribution in [-0.4, -0.2) is 0 Å². The van der Waals surface area contributed by atoms with E-state index in [9.17, 15) is 0 Å². The molecule has 0 amide bonds. The maximum absolute atomic E-state index is 6.71. The van der Waals surface area contributed by atoms with E-state index >= 15 is 0 Å². The van der Waals surface area contributed by atoms with E-state index in [1.807, 2.05) is 0 Å². The van der Waals surface area contributed by atoms with Gasteiger partial charge in [-0.2, -0.15) is 0 Å². The highest BCUT2D eigenvalue weighted by atomic mass is 14.7. The zero-order valence-electron chi connectivity index (χ0n) is 12.9. The molecular formula is C20H25N. The summed E-state index contributed by atoms with van der Waals surface area (Å²) in [6.45, 7) is 2.19. The fourth-order valence-corrected chi connectivity index (χ4v) is 3.55. The molecule has 1 aliphatic rings. The van der Waals surface area contributed by atoms with E-state index in [0.29, 0.717) is 5.92 Å². The van der Waals surface area contributed by atoms with E-state index in [2.05, 4.69) is 61.5 Å². The highest BCUT2D eigenvalue weighted by molar-refractivity contribution is 5.30. The van der Waals surface area contributed by atoms with E-state index in [1.54, 1.807) is 0 Å². The topological polar surface area (TPSA) is 26.0 Å². The molecule has 3 rings (SSSR count). The maximum atomic E-state index is 6.71. The first-order chi connectivity index (χ1) is 10.2. The Bertz CT molecular complexity index is 563. The van der Waals surface area contributed by atoms with Crippen molar-refractivity contribution in [2.45, 2.75) is 50.5 Å². The lowest BCUT2D eigenvalue weighted by molar-refractivity contribution is 0.277. The van der Waals surface area contributed by atoms with Gasteiger partial charge in [-0.15, -0.1) is 0 Å². The molecule has 1 heteroatoms. The third-order valence-electron chi connectivity index (χ3n) is 5.09. The molecule has 0 aromatic heterocycles. The lowest BCUT2D eigenvalue weighted by Crippen LogP contribution is -2.40. The Morgan fingerprint density at radius 1 is 0.952 bits per heavy atom. The second-order valence-corrected chi connectivity index (χ2v) is 6.39. The van der Waals surface area contributed by atoms with Gasteiger partial charge in [-0.25, -0.2) is 0 Å². The van der Waals surface area contributed by atoms with Gasteiger partial charge < -0.3 is 5.73 Å². The van der Waals surface area contributed by atoms with Gasteiger partial charge in [-0.05, 0) is 54.7 Å². The van der Waals surface area contributed by atoms with Gasteiger partial charge in [0, 0.05) is 5.54 Å². The largest absolute Gasteiger partial charge is 0.321 e. The zero-order valence-corrected chi connectivity index (χ0v) is 12.9. The third-order valence-corrected chi connectivity index (χ3v) is 5.09.